The first-order valence-corrected chi connectivity index (χ1v) is 7.63. The minimum Gasteiger partial charge on any atom is -0.478 e. The summed E-state index contributed by atoms with van der Waals surface area (Å²) < 4.78 is 5.44. The third-order valence-electron chi connectivity index (χ3n) is 3.62. The van der Waals surface area contributed by atoms with Crippen LogP contribution in [0.4, 0.5) is 5.95 Å². The fourth-order valence-corrected chi connectivity index (χ4v) is 2.45. The van der Waals surface area contributed by atoms with Gasteiger partial charge >= 0.3 is 0 Å². The highest BCUT2D eigenvalue weighted by Crippen LogP contribution is 2.21. The number of rotatable bonds is 6. The Bertz CT molecular complexity index is 403. The molecule has 1 N–H and O–H groups in total. The average Bonchev–Trinajstić information content (AvgIpc) is 2.46. The number of hydrogen-bond acceptors (Lipinski definition) is 5. The molecule has 20 heavy (non-hydrogen) atoms. The van der Waals surface area contributed by atoms with Crippen molar-refractivity contribution >= 4 is 5.95 Å². The maximum absolute atomic E-state index is 5.44. The Morgan fingerprint density at radius 1 is 1.40 bits per heavy atom. The van der Waals surface area contributed by atoms with Crippen LogP contribution in [0.3, 0.4) is 0 Å². The Morgan fingerprint density at radius 3 is 2.80 bits per heavy atom. The van der Waals surface area contributed by atoms with Crippen LogP contribution in [0.1, 0.15) is 33.6 Å². The second kappa shape index (κ2) is 7.43. The quantitative estimate of drug-likeness (QED) is 0.863. The molecule has 0 amide bonds. The number of aromatic nitrogens is 2. The smallest absolute Gasteiger partial charge is 0.228 e. The molecular weight excluding hydrogens is 252 g/mol. The molecule has 0 atom stereocenters. The minimum atomic E-state index is 0.569. The lowest BCUT2D eigenvalue weighted by Gasteiger charge is -2.32. The molecule has 1 aliphatic rings. The third-order valence-corrected chi connectivity index (χ3v) is 3.62. The highest BCUT2D eigenvalue weighted by molar-refractivity contribution is 5.32. The lowest BCUT2D eigenvalue weighted by molar-refractivity contribution is 0.325. The lowest BCUT2D eigenvalue weighted by atomic mass is 9.97. The summed E-state index contributed by atoms with van der Waals surface area (Å²) >= 11 is 0. The normalized spacial score (nSPS) is 16.7. The molecule has 1 aromatic heterocycles. The Morgan fingerprint density at radius 2 is 2.15 bits per heavy atom. The molecule has 5 heteroatoms. The second-order valence-corrected chi connectivity index (χ2v) is 5.62. The van der Waals surface area contributed by atoms with Gasteiger partial charge in [-0.15, -0.1) is 0 Å². The Balaban J connectivity index is 1.85. The fourth-order valence-electron chi connectivity index (χ4n) is 2.45. The standard InChI is InChI=1S/C15H26N4O/c1-4-20-14-5-8-16-15(18-14)19-9-6-13(7-10-19)11-17-12(2)3/h5,8,12-13,17H,4,6-7,9-11H2,1-3H3. The van der Waals surface area contributed by atoms with E-state index >= 15 is 0 Å². The van der Waals surface area contributed by atoms with Crippen LogP contribution in [0, 0.1) is 5.92 Å². The van der Waals surface area contributed by atoms with E-state index in [4.69, 9.17) is 4.74 Å². The Hall–Kier alpha value is -1.36. The van der Waals surface area contributed by atoms with Crippen LogP contribution in [0.2, 0.25) is 0 Å². The van der Waals surface area contributed by atoms with Crippen LogP contribution in [0.5, 0.6) is 5.88 Å². The van der Waals surface area contributed by atoms with Crippen molar-refractivity contribution in [2.24, 2.45) is 5.92 Å². The SMILES string of the molecule is CCOc1ccnc(N2CCC(CNC(C)C)CC2)n1. The molecule has 112 valence electrons. The van der Waals surface area contributed by atoms with Crippen molar-refractivity contribution in [3.63, 3.8) is 0 Å². The maximum Gasteiger partial charge on any atom is 0.228 e. The Kier molecular flexibility index (Phi) is 5.59. The Labute approximate surface area is 121 Å². The van der Waals surface area contributed by atoms with E-state index in [0.29, 0.717) is 18.5 Å². The summed E-state index contributed by atoms with van der Waals surface area (Å²) in [5, 5.41) is 3.53. The van der Waals surface area contributed by atoms with E-state index in [9.17, 15) is 0 Å². The van der Waals surface area contributed by atoms with E-state index in [1.165, 1.54) is 12.8 Å². The molecule has 0 unspecified atom stereocenters. The molecule has 0 aromatic carbocycles. The van der Waals surface area contributed by atoms with Crippen molar-refractivity contribution in [2.75, 3.05) is 31.1 Å². The first-order chi connectivity index (χ1) is 9.69. The first kappa shape index (κ1) is 15.0. The molecule has 0 aliphatic carbocycles. The van der Waals surface area contributed by atoms with Crippen molar-refractivity contribution in [1.29, 1.82) is 0 Å². The summed E-state index contributed by atoms with van der Waals surface area (Å²) in [6.07, 6.45) is 4.17. The van der Waals surface area contributed by atoms with Gasteiger partial charge in [-0.05, 0) is 32.2 Å². The summed E-state index contributed by atoms with van der Waals surface area (Å²) in [5.74, 6) is 2.23. The van der Waals surface area contributed by atoms with E-state index in [-0.39, 0.29) is 0 Å². The molecule has 1 fully saturated rings. The van der Waals surface area contributed by atoms with Gasteiger partial charge < -0.3 is 15.0 Å². The van der Waals surface area contributed by atoms with E-state index in [1.54, 1.807) is 6.20 Å². The van der Waals surface area contributed by atoms with Crippen LogP contribution in [0.15, 0.2) is 12.3 Å². The topological polar surface area (TPSA) is 50.3 Å². The lowest BCUT2D eigenvalue weighted by Crippen LogP contribution is -2.39. The number of nitrogens with zero attached hydrogens (tertiary/aromatic N) is 3. The van der Waals surface area contributed by atoms with Crippen molar-refractivity contribution < 1.29 is 4.74 Å². The van der Waals surface area contributed by atoms with Gasteiger partial charge in [0.05, 0.1) is 6.61 Å². The molecule has 1 aliphatic heterocycles. The molecule has 0 radical (unpaired) electrons. The van der Waals surface area contributed by atoms with E-state index in [2.05, 4.69) is 34.0 Å². The van der Waals surface area contributed by atoms with Gasteiger partial charge in [0.15, 0.2) is 0 Å². The van der Waals surface area contributed by atoms with E-state index in [1.807, 2.05) is 13.0 Å². The molecule has 2 rings (SSSR count). The molecule has 2 heterocycles. The van der Waals surface area contributed by atoms with E-state index < -0.39 is 0 Å². The van der Waals surface area contributed by atoms with Crippen molar-refractivity contribution in [1.82, 2.24) is 15.3 Å². The summed E-state index contributed by atoms with van der Waals surface area (Å²) in [4.78, 5) is 11.1. The number of nitrogens with one attached hydrogen (secondary N) is 1. The van der Waals surface area contributed by atoms with Gasteiger partial charge in [-0.1, -0.05) is 13.8 Å². The molecular formula is C15H26N4O. The zero-order chi connectivity index (χ0) is 14.4. The number of hydrogen-bond donors (Lipinski definition) is 1. The predicted octanol–water partition coefficient (Wildman–Crippen LogP) is 2.09. The van der Waals surface area contributed by atoms with Gasteiger partial charge in [0.25, 0.3) is 0 Å². The predicted molar refractivity (Wildman–Crippen MR) is 81.3 cm³/mol. The maximum atomic E-state index is 5.44. The van der Waals surface area contributed by atoms with Gasteiger partial charge in [0, 0.05) is 31.4 Å². The number of anilines is 1. The minimum absolute atomic E-state index is 0.569. The summed E-state index contributed by atoms with van der Waals surface area (Å²) in [6, 6.07) is 2.38. The molecule has 1 saturated heterocycles. The van der Waals surface area contributed by atoms with Gasteiger partial charge in [-0.25, -0.2) is 4.98 Å². The molecule has 0 saturated carbocycles. The number of piperidine rings is 1. The fraction of sp³-hybridized carbons (Fsp3) is 0.733. The highest BCUT2D eigenvalue weighted by Gasteiger charge is 2.21. The van der Waals surface area contributed by atoms with Crippen LogP contribution in [-0.2, 0) is 0 Å². The van der Waals surface area contributed by atoms with Gasteiger partial charge in [-0.3, -0.25) is 0 Å². The largest absolute Gasteiger partial charge is 0.478 e. The zero-order valence-corrected chi connectivity index (χ0v) is 12.8. The molecule has 0 bridgehead atoms. The molecule has 5 nitrogen and oxygen atoms in total. The number of ether oxygens (including phenoxy) is 1. The van der Waals surface area contributed by atoms with Crippen LogP contribution >= 0.6 is 0 Å². The second-order valence-electron chi connectivity index (χ2n) is 5.62. The van der Waals surface area contributed by atoms with Crippen molar-refractivity contribution in [2.45, 2.75) is 39.7 Å². The van der Waals surface area contributed by atoms with Gasteiger partial charge in [0.2, 0.25) is 11.8 Å². The monoisotopic (exact) mass is 278 g/mol. The average molecular weight is 278 g/mol. The first-order valence-electron chi connectivity index (χ1n) is 7.63. The summed E-state index contributed by atoms with van der Waals surface area (Å²) in [5.41, 5.74) is 0. The van der Waals surface area contributed by atoms with Crippen molar-refractivity contribution in [3.8, 4) is 5.88 Å². The van der Waals surface area contributed by atoms with Crippen molar-refractivity contribution in [3.05, 3.63) is 12.3 Å². The van der Waals surface area contributed by atoms with Gasteiger partial charge in [-0.2, -0.15) is 4.98 Å². The van der Waals surface area contributed by atoms with Crippen LogP contribution in [0.25, 0.3) is 0 Å². The third kappa shape index (κ3) is 4.34. The highest BCUT2D eigenvalue weighted by atomic mass is 16.5. The van der Waals surface area contributed by atoms with E-state index in [0.717, 1.165) is 31.5 Å². The molecule has 1 aromatic rings. The molecule has 0 spiro atoms. The zero-order valence-electron chi connectivity index (χ0n) is 12.8. The van der Waals surface area contributed by atoms with Gasteiger partial charge in [0.1, 0.15) is 0 Å². The van der Waals surface area contributed by atoms with Crippen LogP contribution < -0.4 is 15.0 Å². The van der Waals surface area contributed by atoms with Crippen LogP contribution in [-0.4, -0.2) is 42.3 Å². The summed E-state index contributed by atoms with van der Waals surface area (Å²) in [6.45, 7) is 10.2. The summed E-state index contributed by atoms with van der Waals surface area (Å²) in [7, 11) is 0.